The van der Waals surface area contributed by atoms with E-state index in [9.17, 15) is 0 Å². The zero-order valence-corrected chi connectivity index (χ0v) is 19.5. The van der Waals surface area contributed by atoms with E-state index >= 15 is 0 Å². The summed E-state index contributed by atoms with van der Waals surface area (Å²) in [5, 5.41) is 0. The maximum Gasteiger partial charge on any atom is 0.0281 e. The van der Waals surface area contributed by atoms with E-state index in [1.165, 1.54) is 33.4 Å². The lowest BCUT2D eigenvalue weighted by Gasteiger charge is -2.31. The lowest BCUT2D eigenvalue weighted by molar-refractivity contribution is 0.527. The molecule has 0 saturated heterocycles. The smallest absolute Gasteiger partial charge is 0.0281 e. The first kappa shape index (κ1) is 22.8. The van der Waals surface area contributed by atoms with Crippen molar-refractivity contribution in [2.75, 3.05) is 0 Å². The molecule has 29 heavy (non-hydrogen) atoms. The van der Waals surface area contributed by atoms with Crippen LogP contribution >= 0.6 is 0 Å². The number of rotatable bonds is 2. The average molecular weight is 385 g/mol. The van der Waals surface area contributed by atoms with Gasteiger partial charge in [0.05, 0.1) is 0 Å². The topological polar surface area (TPSA) is 0 Å². The number of fused-ring (bicyclic) bond motifs is 1. The number of allylic oxidation sites excluding steroid dienone is 2. The maximum absolute atomic E-state index is 3.45. The Balaban J connectivity index is 0.00000145. The second-order valence-electron chi connectivity index (χ2n) is 9.25. The van der Waals surface area contributed by atoms with Gasteiger partial charge >= 0.3 is 0 Å². The first-order valence-corrected chi connectivity index (χ1v) is 10.8. The summed E-state index contributed by atoms with van der Waals surface area (Å²) in [6, 6.07) is 15.4. The summed E-state index contributed by atoms with van der Waals surface area (Å²) in [6.07, 6.45) is 7.72. The van der Waals surface area contributed by atoms with Crippen LogP contribution in [0.1, 0.15) is 82.7 Å². The maximum atomic E-state index is 3.45. The predicted octanol–water partition coefficient (Wildman–Crippen LogP) is 8.31. The second-order valence-corrected chi connectivity index (χ2v) is 9.25. The van der Waals surface area contributed by atoms with E-state index in [2.05, 4.69) is 114 Å². The molecule has 0 nitrogen and oxygen atoms in total. The molecular formula is C29H36. The Hall–Kier alpha value is -2.52. The zero-order valence-electron chi connectivity index (χ0n) is 19.5. The monoisotopic (exact) mass is 384 g/mol. The third kappa shape index (κ3) is 6.23. The third-order valence-corrected chi connectivity index (χ3v) is 5.00. The van der Waals surface area contributed by atoms with Crippen molar-refractivity contribution < 1.29 is 0 Å². The first-order valence-electron chi connectivity index (χ1n) is 10.8. The van der Waals surface area contributed by atoms with E-state index in [4.69, 9.17) is 0 Å². The van der Waals surface area contributed by atoms with Crippen LogP contribution < -0.4 is 0 Å². The normalized spacial score (nSPS) is 14.8. The van der Waals surface area contributed by atoms with Crippen molar-refractivity contribution in [3.05, 3.63) is 76.4 Å². The summed E-state index contributed by atoms with van der Waals surface area (Å²) in [7, 11) is 0. The molecular weight excluding hydrogens is 348 g/mol. The Bertz CT molecular complexity index is 946. The first-order chi connectivity index (χ1) is 13.6. The summed E-state index contributed by atoms with van der Waals surface area (Å²) in [4.78, 5) is 0. The van der Waals surface area contributed by atoms with Crippen LogP contribution in [0, 0.1) is 24.2 Å². The van der Waals surface area contributed by atoms with Gasteiger partial charge in [-0.25, -0.2) is 0 Å². The van der Waals surface area contributed by atoms with E-state index in [0.717, 1.165) is 6.42 Å². The largest absolute Gasteiger partial charge is 0.0919 e. The van der Waals surface area contributed by atoms with Gasteiger partial charge in [0.25, 0.3) is 0 Å². The highest BCUT2D eigenvalue weighted by atomic mass is 14.3. The van der Waals surface area contributed by atoms with Crippen LogP contribution in [0.15, 0.2) is 48.5 Å². The van der Waals surface area contributed by atoms with Crippen LogP contribution in [-0.4, -0.2) is 0 Å². The van der Waals surface area contributed by atoms with Crippen molar-refractivity contribution in [3.8, 4) is 11.8 Å². The van der Waals surface area contributed by atoms with E-state index in [0.29, 0.717) is 0 Å². The van der Waals surface area contributed by atoms with Crippen LogP contribution in [0.2, 0.25) is 0 Å². The van der Waals surface area contributed by atoms with Crippen molar-refractivity contribution >= 4 is 17.7 Å². The SMILES string of the molecule is CC.Cc1ccc(/C=C/c2ccc3c(c2)C(C#CC(C)(C)C)=CCC3(C)C)cc1. The molecule has 0 aliphatic heterocycles. The molecule has 0 heterocycles. The summed E-state index contributed by atoms with van der Waals surface area (Å²) in [6.45, 7) is 17.2. The molecule has 152 valence electrons. The Labute approximate surface area is 178 Å². The fourth-order valence-corrected chi connectivity index (χ4v) is 3.30. The molecule has 0 unspecified atom stereocenters. The average Bonchev–Trinajstić information content (AvgIpc) is 2.68. The highest BCUT2D eigenvalue weighted by Gasteiger charge is 2.27. The molecule has 2 aromatic carbocycles. The molecule has 3 rings (SSSR count). The minimum absolute atomic E-state index is 0.0108. The molecule has 0 radical (unpaired) electrons. The van der Waals surface area contributed by atoms with Crippen LogP contribution in [0.25, 0.3) is 17.7 Å². The van der Waals surface area contributed by atoms with Crippen LogP contribution in [0.5, 0.6) is 0 Å². The number of aryl methyl sites for hydroxylation is 1. The number of benzene rings is 2. The Morgan fingerprint density at radius 3 is 2.10 bits per heavy atom. The standard InChI is InChI=1S/C27H30.C2H6/c1-20-7-9-21(10-8-20)11-12-22-13-14-25-24(19-22)23(15-17-26(2,3)4)16-18-27(25,5)6;1-2/h7-14,16,19H,18H2,1-6H3;1-2H3/b12-11+;. The van der Waals surface area contributed by atoms with Gasteiger partial charge in [-0.05, 0) is 67.9 Å². The fraction of sp³-hybridized carbons (Fsp3) is 0.379. The van der Waals surface area contributed by atoms with Gasteiger partial charge in [-0.3, -0.25) is 0 Å². The van der Waals surface area contributed by atoms with Crippen LogP contribution in [0.4, 0.5) is 0 Å². The Kier molecular flexibility index (Phi) is 7.32. The van der Waals surface area contributed by atoms with E-state index < -0.39 is 0 Å². The number of hydrogen-bond acceptors (Lipinski definition) is 0. The molecule has 1 aliphatic rings. The predicted molar refractivity (Wildman–Crippen MR) is 131 cm³/mol. The third-order valence-electron chi connectivity index (χ3n) is 5.00. The quantitative estimate of drug-likeness (QED) is 0.361. The second kappa shape index (κ2) is 9.32. The van der Waals surface area contributed by atoms with Crippen molar-refractivity contribution in [1.29, 1.82) is 0 Å². The van der Waals surface area contributed by atoms with E-state index in [1.54, 1.807) is 0 Å². The molecule has 0 fully saturated rings. The molecule has 0 saturated carbocycles. The highest BCUT2D eigenvalue weighted by molar-refractivity contribution is 5.84. The Morgan fingerprint density at radius 1 is 0.897 bits per heavy atom. The van der Waals surface area contributed by atoms with Crippen LogP contribution in [-0.2, 0) is 5.41 Å². The molecule has 0 amide bonds. The molecule has 0 N–H and O–H groups in total. The molecule has 0 spiro atoms. The highest BCUT2D eigenvalue weighted by Crippen LogP contribution is 2.39. The summed E-state index contributed by atoms with van der Waals surface area (Å²) < 4.78 is 0. The van der Waals surface area contributed by atoms with Crippen LogP contribution in [0.3, 0.4) is 0 Å². The van der Waals surface area contributed by atoms with Gasteiger partial charge in [-0.15, -0.1) is 0 Å². The molecule has 1 aliphatic carbocycles. The Morgan fingerprint density at radius 2 is 1.48 bits per heavy atom. The van der Waals surface area contributed by atoms with Crippen molar-refractivity contribution in [3.63, 3.8) is 0 Å². The molecule has 0 atom stereocenters. The summed E-state index contributed by atoms with van der Waals surface area (Å²) in [5.41, 5.74) is 7.75. The van der Waals surface area contributed by atoms with Gasteiger partial charge in [-0.1, -0.05) is 99.7 Å². The van der Waals surface area contributed by atoms with Gasteiger partial charge in [0, 0.05) is 11.0 Å². The number of hydrogen-bond donors (Lipinski definition) is 0. The van der Waals surface area contributed by atoms with Gasteiger partial charge < -0.3 is 0 Å². The lowest BCUT2D eigenvalue weighted by Crippen LogP contribution is -2.21. The van der Waals surface area contributed by atoms with Crippen molar-refractivity contribution in [2.45, 2.75) is 67.2 Å². The fourth-order valence-electron chi connectivity index (χ4n) is 3.30. The molecule has 0 bridgehead atoms. The summed E-state index contributed by atoms with van der Waals surface area (Å²) in [5.74, 6) is 6.86. The van der Waals surface area contributed by atoms with E-state index in [1.807, 2.05) is 13.8 Å². The van der Waals surface area contributed by atoms with Gasteiger partial charge in [0.1, 0.15) is 0 Å². The lowest BCUT2D eigenvalue weighted by atomic mass is 9.73. The minimum atomic E-state index is 0.0108. The van der Waals surface area contributed by atoms with Gasteiger partial charge in [-0.2, -0.15) is 0 Å². The minimum Gasteiger partial charge on any atom is -0.0919 e. The molecule has 0 aromatic heterocycles. The molecule has 2 aromatic rings. The summed E-state index contributed by atoms with van der Waals surface area (Å²) >= 11 is 0. The van der Waals surface area contributed by atoms with E-state index in [-0.39, 0.29) is 10.8 Å². The van der Waals surface area contributed by atoms with Crippen molar-refractivity contribution in [2.24, 2.45) is 5.41 Å². The molecule has 0 heteroatoms. The van der Waals surface area contributed by atoms with Gasteiger partial charge in [0.2, 0.25) is 0 Å². The zero-order chi connectivity index (χ0) is 21.7. The van der Waals surface area contributed by atoms with Crippen molar-refractivity contribution in [1.82, 2.24) is 0 Å². The van der Waals surface area contributed by atoms with Gasteiger partial charge in [0.15, 0.2) is 0 Å².